The summed E-state index contributed by atoms with van der Waals surface area (Å²) in [6.07, 6.45) is 1.49. The van der Waals surface area contributed by atoms with Gasteiger partial charge in [0.05, 0.1) is 29.4 Å². The first-order valence-electron chi connectivity index (χ1n) is 7.95. The Kier molecular flexibility index (Phi) is 3.84. The van der Waals surface area contributed by atoms with E-state index in [1.165, 1.54) is 6.33 Å². The third-order valence-electron chi connectivity index (χ3n) is 4.35. The zero-order valence-electron chi connectivity index (χ0n) is 14.1. The first-order chi connectivity index (χ1) is 13.0. The van der Waals surface area contributed by atoms with Crippen LogP contribution in [0.4, 0.5) is 10.1 Å². The molecule has 0 radical (unpaired) electrons. The number of pyridine rings is 1. The summed E-state index contributed by atoms with van der Waals surface area (Å²) in [5, 5.41) is 11.3. The van der Waals surface area contributed by atoms with Crippen molar-refractivity contribution in [3.63, 3.8) is 0 Å². The van der Waals surface area contributed by atoms with Crippen LogP contribution in [0, 0.1) is 15.9 Å². The first-order valence-corrected chi connectivity index (χ1v) is 7.95. The highest BCUT2D eigenvalue weighted by Gasteiger charge is 2.19. The van der Waals surface area contributed by atoms with Crippen molar-refractivity contribution in [1.29, 1.82) is 0 Å². The minimum absolute atomic E-state index is 0.143. The normalized spacial score (nSPS) is 11.2. The van der Waals surface area contributed by atoms with Crippen molar-refractivity contribution in [2.24, 2.45) is 0 Å². The average molecular weight is 368 g/mol. The van der Waals surface area contributed by atoms with Gasteiger partial charge in [0.25, 0.3) is 5.56 Å². The Morgan fingerprint density at radius 2 is 2.04 bits per heavy atom. The monoisotopic (exact) mass is 368 g/mol. The van der Waals surface area contributed by atoms with E-state index in [2.05, 4.69) is 9.97 Å². The second-order valence-electron chi connectivity index (χ2n) is 5.98. The van der Waals surface area contributed by atoms with Crippen molar-refractivity contribution < 1.29 is 14.1 Å². The van der Waals surface area contributed by atoms with Crippen molar-refractivity contribution in [3.05, 3.63) is 74.6 Å². The van der Waals surface area contributed by atoms with E-state index in [4.69, 9.17) is 4.74 Å². The minimum atomic E-state index is -0.974. The predicted octanol–water partition coefficient (Wildman–Crippen LogP) is 2.98. The van der Waals surface area contributed by atoms with E-state index < -0.39 is 22.0 Å². The molecule has 4 aromatic rings. The Bertz CT molecular complexity index is 1240. The molecule has 0 bridgehead atoms. The van der Waals surface area contributed by atoms with Crippen molar-refractivity contribution in [3.8, 4) is 5.75 Å². The second kappa shape index (κ2) is 6.20. The highest BCUT2D eigenvalue weighted by molar-refractivity contribution is 6.02. The molecule has 0 atom stereocenters. The molecule has 0 unspecified atom stereocenters. The molecule has 2 heterocycles. The molecule has 2 aromatic heterocycles. The van der Waals surface area contributed by atoms with Crippen LogP contribution in [0.15, 0.2) is 47.5 Å². The first kappa shape index (κ1) is 16.7. The van der Waals surface area contributed by atoms with Crippen molar-refractivity contribution >= 4 is 27.6 Å². The quantitative estimate of drug-likeness (QED) is 0.441. The molecule has 4 rings (SSSR count). The SMILES string of the molecule is COc1ccc(Cn2cnc3c(=O)[nH]c4cc([N+](=O)[O-])c(F)cc4c32)cc1. The topological polar surface area (TPSA) is 103 Å². The molecule has 0 saturated carbocycles. The van der Waals surface area contributed by atoms with Gasteiger partial charge in [-0.2, -0.15) is 4.39 Å². The maximum absolute atomic E-state index is 14.2. The fraction of sp³-hybridized carbons (Fsp3) is 0.111. The summed E-state index contributed by atoms with van der Waals surface area (Å²) in [4.78, 5) is 29.1. The van der Waals surface area contributed by atoms with E-state index in [0.29, 0.717) is 23.2 Å². The minimum Gasteiger partial charge on any atom is -0.497 e. The smallest absolute Gasteiger partial charge is 0.306 e. The largest absolute Gasteiger partial charge is 0.497 e. The lowest BCUT2D eigenvalue weighted by Crippen LogP contribution is -2.08. The Morgan fingerprint density at radius 3 is 2.70 bits per heavy atom. The van der Waals surface area contributed by atoms with Crippen LogP contribution >= 0.6 is 0 Å². The van der Waals surface area contributed by atoms with Crippen LogP contribution in [0.25, 0.3) is 21.9 Å². The number of fused-ring (bicyclic) bond motifs is 3. The van der Waals surface area contributed by atoms with E-state index in [9.17, 15) is 19.3 Å². The summed E-state index contributed by atoms with van der Waals surface area (Å²) in [7, 11) is 1.57. The van der Waals surface area contributed by atoms with Gasteiger partial charge in [-0.15, -0.1) is 0 Å². The van der Waals surface area contributed by atoms with Crippen molar-refractivity contribution in [2.45, 2.75) is 6.54 Å². The molecule has 9 heteroatoms. The van der Waals surface area contributed by atoms with Crippen LogP contribution in [0.5, 0.6) is 5.75 Å². The highest BCUT2D eigenvalue weighted by atomic mass is 19.1. The standard InChI is InChI=1S/C18H13FN4O4/c1-27-11-4-2-10(3-5-11)8-22-9-20-16-17(22)12-6-13(19)15(23(25)26)7-14(12)21-18(16)24/h2-7,9H,8H2,1H3,(H,21,24). The van der Waals surface area contributed by atoms with Gasteiger partial charge >= 0.3 is 5.69 Å². The molecule has 2 aromatic carbocycles. The van der Waals surface area contributed by atoms with Gasteiger partial charge in [-0.25, -0.2) is 4.98 Å². The lowest BCUT2D eigenvalue weighted by molar-refractivity contribution is -0.387. The number of hydrogen-bond acceptors (Lipinski definition) is 5. The number of nitro groups is 1. The summed E-state index contributed by atoms with van der Waals surface area (Å²) < 4.78 is 21.0. The van der Waals surface area contributed by atoms with E-state index in [1.807, 2.05) is 24.3 Å². The molecule has 0 saturated heterocycles. The van der Waals surface area contributed by atoms with Crippen LogP contribution in [0.3, 0.4) is 0 Å². The molecule has 0 aliphatic heterocycles. The number of halogens is 1. The van der Waals surface area contributed by atoms with Crippen LogP contribution in [0.2, 0.25) is 0 Å². The van der Waals surface area contributed by atoms with Crippen molar-refractivity contribution in [1.82, 2.24) is 14.5 Å². The molecule has 8 nitrogen and oxygen atoms in total. The van der Waals surface area contributed by atoms with Gasteiger partial charge in [0.1, 0.15) is 5.75 Å². The van der Waals surface area contributed by atoms with E-state index in [-0.39, 0.29) is 11.0 Å². The maximum atomic E-state index is 14.2. The fourth-order valence-electron chi connectivity index (χ4n) is 3.06. The number of benzene rings is 2. The number of methoxy groups -OCH3 is 1. The molecule has 0 amide bonds. The van der Waals surface area contributed by atoms with E-state index in [0.717, 1.165) is 17.7 Å². The zero-order chi connectivity index (χ0) is 19.1. The molecular formula is C18H13FN4O4. The van der Waals surface area contributed by atoms with Gasteiger partial charge in [0.2, 0.25) is 5.82 Å². The van der Waals surface area contributed by atoms with Crippen LogP contribution in [0.1, 0.15) is 5.56 Å². The number of imidazole rings is 1. The molecule has 0 aliphatic carbocycles. The Morgan fingerprint density at radius 1 is 1.30 bits per heavy atom. The number of aromatic nitrogens is 3. The van der Waals surface area contributed by atoms with Gasteiger partial charge in [-0.05, 0) is 23.8 Å². The number of H-pyrrole nitrogens is 1. The Labute approximate surface area is 151 Å². The number of nitrogens with zero attached hydrogens (tertiary/aromatic N) is 3. The average Bonchev–Trinajstić information content (AvgIpc) is 3.07. The maximum Gasteiger partial charge on any atom is 0.306 e. The summed E-state index contributed by atoms with van der Waals surface area (Å²) in [5.74, 6) is -0.261. The lowest BCUT2D eigenvalue weighted by atomic mass is 10.1. The van der Waals surface area contributed by atoms with Crippen molar-refractivity contribution in [2.75, 3.05) is 7.11 Å². The molecule has 27 heavy (non-hydrogen) atoms. The molecule has 136 valence electrons. The highest BCUT2D eigenvalue weighted by Crippen LogP contribution is 2.28. The molecule has 0 aliphatic rings. The number of rotatable bonds is 4. The number of aromatic amines is 1. The molecule has 0 fully saturated rings. The predicted molar refractivity (Wildman–Crippen MR) is 96.6 cm³/mol. The van der Waals surface area contributed by atoms with E-state index >= 15 is 0 Å². The Balaban J connectivity index is 1.92. The summed E-state index contributed by atoms with van der Waals surface area (Å²) in [5.41, 5.74) is 0.469. The molecular weight excluding hydrogens is 355 g/mol. The van der Waals surface area contributed by atoms with Gasteiger partial charge in [0.15, 0.2) is 5.52 Å². The zero-order valence-corrected chi connectivity index (χ0v) is 14.1. The molecule has 0 spiro atoms. The third kappa shape index (κ3) is 2.78. The third-order valence-corrected chi connectivity index (χ3v) is 4.35. The second-order valence-corrected chi connectivity index (χ2v) is 5.98. The molecule has 1 N–H and O–H groups in total. The van der Waals surface area contributed by atoms with Gasteiger partial charge < -0.3 is 14.3 Å². The van der Waals surface area contributed by atoms with E-state index in [1.54, 1.807) is 11.7 Å². The van der Waals surface area contributed by atoms with Gasteiger partial charge in [-0.3, -0.25) is 14.9 Å². The number of nitrogens with one attached hydrogen (secondary N) is 1. The van der Waals surface area contributed by atoms with Gasteiger partial charge in [0, 0.05) is 18.0 Å². The number of hydrogen-bond donors (Lipinski definition) is 1. The number of ether oxygens (including phenoxy) is 1. The van der Waals surface area contributed by atoms with Crippen LogP contribution < -0.4 is 10.3 Å². The van der Waals surface area contributed by atoms with Crippen LogP contribution in [-0.4, -0.2) is 26.6 Å². The fourth-order valence-corrected chi connectivity index (χ4v) is 3.06. The lowest BCUT2D eigenvalue weighted by Gasteiger charge is -2.08. The van der Waals surface area contributed by atoms with Gasteiger partial charge in [-0.1, -0.05) is 12.1 Å². The summed E-state index contributed by atoms with van der Waals surface area (Å²) >= 11 is 0. The Hall–Kier alpha value is -3.75. The summed E-state index contributed by atoms with van der Waals surface area (Å²) in [6, 6.07) is 9.43. The number of nitro benzene ring substituents is 1. The van der Waals surface area contributed by atoms with Crippen LogP contribution in [-0.2, 0) is 6.54 Å². The summed E-state index contributed by atoms with van der Waals surface area (Å²) in [6.45, 7) is 0.387.